The molecule has 6 nitrogen and oxygen atoms in total. The average molecular weight is 295 g/mol. The van der Waals surface area contributed by atoms with Crippen molar-refractivity contribution in [2.75, 3.05) is 18.5 Å². The quantitative estimate of drug-likeness (QED) is 0.801. The molecule has 0 saturated carbocycles. The van der Waals surface area contributed by atoms with Crippen LogP contribution >= 0.6 is 0 Å². The molecule has 3 amide bonds. The highest BCUT2D eigenvalue weighted by Gasteiger charge is 2.38. The van der Waals surface area contributed by atoms with Crippen LogP contribution in [0, 0.1) is 0 Å². The van der Waals surface area contributed by atoms with Crippen molar-refractivity contribution in [1.82, 2.24) is 9.88 Å². The zero-order valence-corrected chi connectivity index (χ0v) is 11.9. The average Bonchev–Trinajstić information content (AvgIpc) is 2.80. The molecule has 1 aromatic heterocycles. The van der Waals surface area contributed by atoms with E-state index in [1.54, 1.807) is 25.2 Å². The highest BCUT2D eigenvalue weighted by Crippen LogP contribution is 2.21. The van der Waals surface area contributed by atoms with Gasteiger partial charge in [0.25, 0.3) is 11.8 Å². The molecule has 3 rings (SSSR count). The van der Waals surface area contributed by atoms with Crippen LogP contribution in [-0.2, 0) is 4.79 Å². The fourth-order valence-electron chi connectivity index (χ4n) is 2.29. The minimum atomic E-state index is -0.532. The zero-order valence-electron chi connectivity index (χ0n) is 11.9. The van der Waals surface area contributed by atoms with Gasteiger partial charge in [-0.25, -0.2) is 0 Å². The molecule has 0 unspecified atom stereocenters. The Kier molecular flexibility index (Phi) is 3.42. The Hall–Kier alpha value is -3.02. The molecule has 22 heavy (non-hydrogen) atoms. The third kappa shape index (κ3) is 2.24. The van der Waals surface area contributed by atoms with E-state index in [-0.39, 0.29) is 23.7 Å². The Labute approximate surface area is 127 Å². The molecule has 0 radical (unpaired) electrons. The van der Waals surface area contributed by atoms with Gasteiger partial charge in [-0.3, -0.25) is 24.3 Å². The lowest BCUT2D eigenvalue weighted by molar-refractivity contribution is -0.118. The Morgan fingerprint density at radius 3 is 2.50 bits per heavy atom. The first-order chi connectivity index (χ1) is 10.6. The van der Waals surface area contributed by atoms with Gasteiger partial charge in [0.2, 0.25) is 5.91 Å². The van der Waals surface area contributed by atoms with Crippen LogP contribution in [0.1, 0.15) is 20.8 Å². The van der Waals surface area contributed by atoms with Gasteiger partial charge in [-0.15, -0.1) is 0 Å². The van der Waals surface area contributed by atoms with Gasteiger partial charge in [-0.2, -0.15) is 0 Å². The number of amides is 3. The summed E-state index contributed by atoms with van der Waals surface area (Å²) >= 11 is 0. The highest BCUT2D eigenvalue weighted by atomic mass is 16.2. The molecule has 2 heterocycles. The predicted molar refractivity (Wildman–Crippen MR) is 79.5 cm³/mol. The normalized spacial score (nSPS) is 13.2. The summed E-state index contributed by atoms with van der Waals surface area (Å²) in [5.41, 5.74) is 1.03. The van der Waals surface area contributed by atoms with Gasteiger partial charge < -0.3 is 4.90 Å². The van der Waals surface area contributed by atoms with E-state index in [0.29, 0.717) is 5.69 Å². The zero-order chi connectivity index (χ0) is 15.7. The van der Waals surface area contributed by atoms with Crippen molar-refractivity contribution in [2.45, 2.75) is 0 Å². The van der Waals surface area contributed by atoms with Crippen molar-refractivity contribution in [2.24, 2.45) is 0 Å². The Morgan fingerprint density at radius 2 is 1.82 bits per heavy atom. The van der Waals surface area contributed by atoms with Crippen LogP contribution in [0.15, 0.2) is 48.7 Å². The van der Waals surface area contributed by atoms with Gasteiger partial charge in [-0.1, -0.05) is 18.2 Å². The second-order valence-corrected chi connectivity index (χ2v) is 4.88. The maximum absolute atomic E-state index is 12.3. The van der Waals surface area contributed by atoms with Crippen LogP contribution in [0.5, 0.6) is 0 Å². The number of rotatable bonds is 3. The monoisotopic (exact) mass is 295 g/mol. The summed E-state index contributed by atoms with van der Waals surface area (Å²) in [4.78, 5) is 42.9. The van der Waals surface area contributed by atoms with E-state index in [0.717, 1.165) is 4.90 Å². The standard InChI is InChI=1S/C16H13N3O3/c1-18(11-6-3-2-4-7-11)13(20)10-19-15(21)12-8-5-9-17-14(12)16(19)22/h2-9H,10H2,1H3. The molecule has 110 valence electrons. The summed E-state index contributed by atoms with van der Waals surface area (Å²) < 4.78 is 0. The number of fused-ring (bicyclic) bond motifs is 1. The SMILES string of the molecule is CN(C(=O)CN1C(=O)c2cccnc2C1=O)c1ccccc1. The number of aromatic nitrogens is 1. The number of pyridine rings is 1. The number of hydrogen-bond donors (Lipinski definition) is 0. The van der Waals surface area contributed by atoms with Crippen LogP contribution in [0.4, 0.5) is 5.69 Å². The molecule has 1 aliphatic heterocycles. The third-order valence-corrected chi connectivity index (χ3v) is 3.54. The van der Waals surface area contributed by atoms with Crippen molar-refractivity contribution < 1.29 is 14.4 Å². The smallest absolute Gasteiger partial charge is 0.280 e. The topological polar surface area (TPSA) is 70.6 Å². The molecule has 0 N–H and O–H groups in total. The number of likely N-dealkylation sites (N-methyl/N-ethyl adjacent to an activating group) is 1. The number of carbonyl (C=O) groups excluding carboxylic acids is 3. The first kappa shape index (κ1) is 13.9. The van der Waals surface area contributed by atoms with Gasteiger partial charge in [0.05, 0.1) is 5.56 Å². The number of nitrogens with zero attached hydrogens (tertiary/aromatic N) is 3. The van der Waals surface area contributed by atoms with E-state index in [2.05, 4.69) is 4.98 Å². The van der Waals surface area contributed by atoms with E-state index in [4.69, 9.17) is 0 Å². The molecule has 0 bridgehead atoms. The number of para-hydroxylation sites is 1. The van der Waals surface area contributed by atoms with Crippen LogP contribution in [0.2, 0.25) is 0 Å². The van der Waals surface area contributed by atoms with Crippen molar-refractivity contribution in [1.29, 1.82) is 0 Å². The van der Waals surface area contributed by atoms with E-state index in [1.807, 2.05) is 18.2 Å². The molecular formula is C16H13N3O3. The second-order valence-electron chi connectivity index (χ2n) is 4.88. The molecule has 0 atom stereocenters. The van der Waals surface area contributed by atoms with Crippen molar-refractivity contribution >= 4 is 23.4 Å². The van der Waals surface area contributed by atoms with Crippen molar-refractivity contribution in [3.63, 3.8) is 0 Å². The summed E-state index contributed by atoms with van der Waals surface area (Å²) in [6.07, 6.45) is 1.45. The van der Waals surface area contributed by atoms with Gasteiger partial charge in [0.1, 0.15) is 12.2 Å². The summed E-state index contributed by atoms with van der Waals surface area (Å²) in [6.45, 7) is -0.306. The maximum atomic E-state index is 12.3. The van der Waals surface area contributed by atoms with E-state index < -0.39 is 11.8 Å². The number of benzene rings is 1. The van der Waals surface area contributed by atoms with Gasteiger partial charge in [0.15, 0.2) is 0 Å². The summed E-state index contributed by atoms with van der Waals surface area (Å²) in [5.74, 6) is -1.36. The van der Waals surface area contributed by atoms with Gasteiger partial charge >= 0.3 is 0 Å². The van der Waals surface area contributed by atoms with Crippen LogP contribution in [0.3, 0.4) is 0 Å². The first-order valence-corrected chi connectivity index (χ1v) is 6.72. The molecule has 0 saturated heterocycles. The summed E-state index contributed by atoms with van der Waals surface area (Å²) in [7, 11) is 1.61. The molecule has 0 spiro atoms. The lowest BCUT2D eigenvalue weighted by atomic mass is 10.2. The first-order valence-electron chi connectivity index (χ1n) is 6.72. The summed E-state index contributed by atoms with van der Waals surface area (Å²) in [6, 6.07) is 12.1. The summed E-state index contributed by atoms with van der Waals surface area (Å²) in [5, 5.41) is 0. The van der Waals surface area contributed by atoms with E-state index in [9.17, 15) is 14.4 Å². The minimum Gasteiger partial charge on any atom is -0.314 e. The number of anilines is 1. The number of hydrogen-bond acceptors (Lipinski definition) is 4. The maximum Gasteiger partial charge on any atom is 0.280 e. The van der Waals surface area contributed by atoms with Crippen molar-refractivity contribution in [3.8, 4) is 0 Å². The third-order valence-electron chi connectivity index (χ3n) is 3.54. The predicted octanol–water partition coefficient (Wildman–Crippen LogP) is 1.34. The molecule has 0 aliphatic carbocycles. The molecule has 1 aliphatic rings. The Bertz CT molecular complexity index is 723. The van der Waals surface area contributed by atoms with Crippen LogP contribution in [0.25, 0.3) is 0 Å². The highest BCUT2D eigenvalue weighted by molar-refractivity contribution is 6.21. The lowest BCUT2D eigenvalue weighted by Gasteiger charge is -2.20. The van der Waals surface area contributed by atoms with E-state index >= 15 is 0 Å². The molecule has 2 aromatic rings. The lowest BCUT2D eigenvalue weighted by Crippen LogP contribution is -2.41. The fraction of sp³-hybridized carbons (Fsp3) is 0.125. The van der Waals surface area contributed by atoms with Crippen LogP contribution in [-0.4, -0.2) is 41.2 Å². The largest absolute Gasteiger partial charge is 0.314 e. The van der Waals surface area contributed by atoms with Crippen molar-refractivity contribution in [3.05, 3.63) is 59.9 Å². The minimum absolute atomic E-state index is 0.0997. The van der Waals surface area contributed by atoms with Crippen LogP contribution < -0.4 is 4.90 Å². The Morgan fingerprint density at radius 1 is 1.09 bits per heavy atom. The molecular weight excluding hydrogens is 282 g/mol. The Balaban J connectivity index is 1.79. The molecule has 0 fully saturated rings. The van der Waals surface area contributed by atoms with E-state index in [1.165, 1.54) is 17.2 Å². The van der Waals surface area contributed by atoms with Gasteiger partial charge in [0, 0.05) is 18.9 Å². The fourth-order valence-corrected chi connectivity index (χ4v) is 2.29. The number of carbonyl (C=O) groups is 3. The molecule has 6 heteroatoms. The number of imide groups is 1. The second kappa shape index (κ2) is 5.40. The van der Waals surface area contributed by atoms with Gasteiger partial charge in [-0.05, 0) is 24.3 Å². The molecule has 1 aromatic carbocycles.